The van der Waals surface area contributed by atoms with Crippen LogP contribution < -0.4 is 0 Å². The van der Waals surface area contributed by atoms with E-state index in [-0.39, 0.29) is 24.9 Å². The van der Waals surface area contributed by atoms with E-state index in [1.165, 1.54) is 5.56 Å². The second-order valence-corrected chi connectivity index (χ2v) is 7.08. The zero-order valence-corrected chi connectivity index (χ0v) is 15.8. The molecule has 0 N–H and O–H groups in total. The van der Waals surface area contributed by atoms with Gasteiger partial charge in [0.1, 0.15) is 6.54 Å². The number of carbonyl (C=O) groups excluding carboxylic acids is 2. The SMILES string of the molecule is CC(C)c1ccc(-c2noc(COC(=O)CN3CCCCCC3=O)n2)cc1. The fraction of sp³-hybridized carbons (Fsp3) is 0.500. The van der Waals surface area contributed by atoms with Gasteiger partial charge in [0.05, 0.1) is 0 Å². The molecule has 144 valence electrons. The first-order chi connectivity index (χ1) is 13.0. The van der Waals surface area contributed by atoms with Crippen molar-refractivity contribution in [2.24, 2.45) is 0 Å². The van der Waals surface area contributed by atoms with Crippen molar-refractivity contribution in [2.45, 2.75) is 52.1 Å². The Morgan fingerprint density at radius 3 is 2.74 bits per heavy atom. The molecule has 1 amide bonds. The van der Waals surface area contributed by atoms with Crippen molar-refractivity contribution >= 4 is 11.9 Å². The summed E-state index contributed by atoms with van der Waals surface area (Å²) in [5, 5.41) is 3.94. The summed E-state index contributed by atoms with van der Waals surface area (Å²) in [6, 6.07) is 7.96. The Morgan fingerprint density at radius 2 is 2.00 bits per heavy atom. The van der Waals surface area contributed by atoms with Gasteiger partial charge in [-0.3, -0.25) is 9.59 Å². The van der Waals surface area contributed by atoms with E-state index in [2.05, 4.69) is 24.0 Å². The Morgan fingerprint density at radius 1 is 1.22 bits per heavy atom. The lowest BCUT2D eigenvalue weighted by Gasteiger charge is -2.18. The van der Waals surface area contributed by atoms with Gasteiger partial charge in [-0.15, -0.1) is 0 Å². The number of nitrogens with zero attached hydrogens (tertiary/aromatic N) is 3. The van der Waals surface area contributed by atoms with Crippen LogP contribution in [0.5, 0.6) is 0 Å². The van der Waals surface area contributed by atoms with Gasteiger partial charge in [0, 0.05) is 18.5 Å². The lowest BCUT2D eigenvalue weighted by Crippen LogP contribution is -2.35. The normalized spacial score (nSPS) is 15.1. The zero-order valence-electron chi connectivity index (χ0n) is 15.8. The second-order valence-electron chi connectivity index (χ2n) is 7.08. The first-order valence-corrected chi connectivity index (χ1v) is 9.39. The van der Waals surface area contributed by atoms with Crippen LogP contribution in [-0.4, -0.2) is 40.0 Å². The molecule has 1 saturated heterocycles. The summed E-state index contributed by atoms with van der Waals surface area (Å²) in [7, 11) is 0. The van der Waals surface area contributed by atoms with Crippen LogP contribution in [0, 0.1) is 0 Å². The van der Waals surface area contributed by atoms with E-state index in [9.17, 15) is 9.59 Å². The highest BCUT2D eigenvalue weighted by molar-refractivity contribution is 5.82. The maximum absolute atomic E-state index is 12.0. The molecule has 3 rings (SSSR count). The number of hydrogen-bond donors (Lipinski definition) is 0. The van der Waals surface area contributed by atoms with Gasteiger partial charge in [0.15, 0.2) is 6.61 Å². The minimum Gasteiger partial charge on any atom is -0.454 e. The van der Waals surface area contributed by atoms with E-state index in [1.807, 2.05) is 24.3 Å². The lowest BCUT2D eigenvalue weighted by atomic mass is 10.0. The van der Waals surface area contributed by atoms with E-state index in [0.29, 0.717) is 24.7 Å². The van der Waals surface area contributed by atoms with Crippen molar-refractivity contribution < 1.29 is 18.8 Å². The molecule has 1 aromatic heterocycles. The molecule has 1 aliphatic rings. The summed E-state index contributed by atoms with van der Waals surface area (Å²) >= 11 is 0. The van der Waals surface area contributed by atoms with Gasteiger partial charge in [0.2, 0.25) is 11.7 Å². The maximum Gasteiger partial charge on any atom is 0.326 e. The molecule has 1 aromatic carbocycles. The van der Waals surface area contributed by atoms with Crippen molar-refractivity contribution in [3.05, 3.63) is 35.7 Å². The molecule has 0 unspecified atom stereocenters. The summed E-state index contributed by atoms with van der Waals surface area (Å²) in [6.07, 6.45) is 3.31. The molecule has 0 aliphatic carbocycles. The molecule has 27 heavy (non-hydrogen) atoms. The first kappa shape index (κ1) is 19.1. The van der Waals surface area contributed by atoms with Crippen LogP contribution in [0.25, 0.3) is 11.4 Å². The third-order valence-electron chi connectivity index (χ3n) is 4.65. The highest BCUT2D eigenvalue weighted by Gasteiger charge is 2.20. The minimum absolute atomic E-state index is 0.00868. The number of benzene rings is 1. The van der Waals surface area contributed by atoms with Gasteiger partial charge < -0.3 is 14.2 Å². The molecule has 0 spiro atoms. The van der Waals surface area contributed by atoms with Gasteiger partial charge >= 0.3 is 5.97 Å². The van der Waals surface area contributed by atoms with E-state index in [4.69, 9.17) is 9.26 Å². The average Bonchev–Trinajstić information content (AvgIpc) is 3.05. The number of likely N-dealkylation sites (tertiary alicyclic amines) is 1. The molecule has 0 bridgehead atoms. The van der Waals surface area contributed by atoms with Gasteiger partial charge in [-0.2, -0.15) is 4.98 Å². The second kappa shape index (κ2) is 8.79. The topological polar surface area (TPSA) is 85.5 Å². The van der Waals surface area contributed by atoms with Crippen LogP contribution in [0.3, 0.4) is 0 Å². The molecular formula is C20H25N3O4. The van der Waals surface area contributed by atoms with Gasteiger partial charge in [-0.1, -0.05) is 49.7 Å². The van der Waals surface area contributed by atoms with E-state index in [0.717, 1.165) is 24.8 Å². The number of carbonyl (C=O) groups is 2. The maximum atomic E-state index is 12.0. The molecule has 0 atom stereocenters. The molecule has 7 heteroatoms. The molecule has 1 fully saturated rings. The van der Waals surface area contributed by atoms with Crippen molar-refractivity contribution in [3.63, 3.8) is 0 Å². The fourth-order valence-electron chi connectivity index (χ4n) is 3.00. The van der Waals surface area contributed by atoms with Crippen LogP contribution in [0.15, 0.2) is 28.8 Å². The van der Waals surface area contributed by atoms with Crippen LogP contribution >= 0.6 is 0 Å². The van der Waals surface area contributed by atoms with Crippen molar-refractivity contribution in [1.82, 2.24) is 15.0 Å². The Bertz CT molecular complexity index is 783. The molecule has 2 heterocycles. The molecule has 7 nitrogen and oxygen atoms in total. The van der Waals surface area contributed by atoms with Crippen molar-refractivity contribution in [3.8, 4) is 11.4 Å². The van der Waals surface area contributed by atoms with Gasteiger partial charge in [-0.05, 0) is 24.3 Å². The first-order valence-electron chi connectivity index (χ1n) is 9.39. The number of amides is 1. The molecule has 0 saturated carbocycles. The van der Waals surface area contributed by atoms with Crippen LogP contribution in [0.4, 0.5) is 0 Å². The summed E-state index contributed by atoms with van der Waals surface area (Å²) in [4.78, 5) is 29.8. The van der Waals surface area contributed by atoms with E-state index < -0.39 is 5.97 Å². The third-order valence-corrected chi connectivity index (χ3v) is 4.65. The number of aromatic nitrogens is 2. The summed E-state index contributed by atoms with van der Waals surface area (Å²) in [5.74, 6) is 0.684. The predicted octanol–water partition coefficient (Wildman–Crippen LogP) is 3.31. The summed E-state index contributed by atoms with van der Waals surface area (Å²) in [6.45, 7) is 4.74. The Labute approximate surface area is 158 Å². The standard InChI is InChI=1S/C20H25N3O4/c1-14(2)15-7-9-16(10-8-15)20-21-17(27-22-20)13-26-19(25)12-23-11-5-3-4-6-18(23)24/h7-10,14H,3-6,11-13H2,1-2H3. The van der Waals surface area contributed by atoms with Gasteiger partial charge in [0.25, 0.3) is 5.89 Å². The molecule has 0 radical (unpaired) electrons. The molecular weight excluding hydrogens is 346 g/mol. The van der Waals surface area contributed by atoms with E-state index in [1.54, 1.807) is 4.90 Å². The summed E-state index contributed by atoms with van der Waals surface area (Å²) < 4.78 is 10.4. The minimum atomic E-state index is -0.466. The monoisotopic (exact) mass is 371 g/mol. The quantitative estimate of drug-likeness (QED) is 0.724. The highest BCUT2D eigenvalue weighted by Crippen LogP contribution is 2.20. The van der Waals surface area contributed by atoms with Crippen LogP contribution in [-0.2, 0) is 20.9 Å². The Hall–Kier alpha value is -2.70. The third kappa shape index (κ3) is 5.15. The summed E-state index contributed by atoms with van der Waals surface area (Å²) in [5.41, 5.74) is 2.08. The molecule has 1 aliphatic heterocycles. The largest absolute Gasteiger partial charge is 0.454 e. The van der Waals surface area contributed by atoms with E-state index >= 15 is 0 Å². The predicted molar refractivity (Wildman–Crippen MR) is 98.7 cm³/mol. The van der Waals surface area contributed by atoms with Crippen LogP contribution in [0.1, 0.15) is 56.9 Å². The highest BCUT2D eigenvalue weighted by atomic mass is 16.6. The molecule has 2 aromatic rings. The number of hydrogen-bond acceptors (Lipinski definition) is 6. The lowest BCUT2D eigenvalue weighted by molar-refractivity contribution is -0.150. The van der Waals surface area contributed by atoms with Crippen molar-refractivity contribution in [1.29, 1.82) is 0 Å². The zero-order chi connectivity index (χ0) is 19.2. The Kier molecular flexibility index (Phi) is 6.21. The van der Waals surface area contributed by atoms with Crippen LogP contribution in [0.2, 0.25) is 0 Å². The number of rotatable bonds is 6. The van der Waals surface area contributed by atoms with Gasteiger partial charge in [-0.25, -0.2) is 0 Å². The Balaban J connectivity index is 1.53. The number of esters is 1. The average molecular weight is 371 g/mol. The fourth-order valence-corrected chi connectivity index (χ4v) is 3.00. The van der Waals surface area contributed by atoms with Crippen molar-refractivity contribution in [2.75, 3.05) is 13.1 Å². The number of ether oxygens (including phenoxy) is 1. The smallest absolute Gasteiger partial charge is 0.326 e.